The van der Waals surface area contributed by atoms with Crippen LogP contribution in [0.3, 0.4) is 0 Å². The first kappa shape index (κ1) is 16.8. The summed E-state index contributed by atoms with van der Waals surface area (Å²) in [6, 6.07) is 0. The van der Waals surface area contributed by atoms with Gasteiger partial charge in [-0.3, -0.25) is 4.79 Å². The molecular weight excluding hydrogens is 300 g/mol. The summed E-state index contributed by atoms with van der Waals surface area (Å²) in [6.45, 7) is 0.784. The first-order chi connectivity index (χ1) is 11.3. The minimum absolute atomic E-state index is 0.0872. The molecule has 2 N–H and O–H groups in total. The van der Waals surface area contributed by atoms with Crippen LogP contribution in [0.15, 0.2) is 0 Å². The lowest BCUT2D eigenvalue weighted by molar-refractivity contribution is -0.169. The summed E-state index contributed by atoms with van der Waals surface area (Å²) in [5.41, 5.74) is -0.208. The molecule has 1 amide bonds. The van der Waals surface area contributed by atoms with Gasteiger partial charge in [0, 0.05) is 18.5 Å². The second kappa shape index (κ2) is 5.70. The first-order valence-corrected chi connectivity index (χ1v) is 9.99. The number of amides is 1. The van der Waals surface area contributed by atoms with Gasteiger partial charge in [-0.15, -0.1) is 0 Å². The summed E-state index contributed by atoms with van der Waals surface area (Å²) in [7, 11) is 4.29. The van der Waals surface area contributed by atoms with Gasteiger partial charge in [-0.25, -0.2) is 0 Å². The maximum atomic E-state index is 12.7. The van der Waals surface area contributed by atoms with Crippen LogP contribution >= 0.6 is 0 Å². The lowest BCUT2D eigenvalue weighted by Gasteiger charge is -2.60. The second-order valence-electron chi connectivity index (χ2n) is 9.96. The molecule has 5 saturated carbocycles. The Bertz CT molecular complexity index is 496. The molecule has 5 aliphatic rings. The van der Waals surface area contributed by atoms with Crippen molar-refractivity contribution in [3.8, 4) is 0 Å². The lowest BCUT2D eigenvalue weighted by atomic mass is 9.47. The van der Waals surface area contributed by atoms with Crippen LogP contribution in [0.2, 0.25) is 0 Å². The van der Waals surface area contributed by atoms with Gasteiger partial charge in [-0.05, 0) is 82.7 Å². The van der Waals surface area contributed by atoms with Gasteiger partial charge in [0.1, 0.15) is 0 Å². The summed E-state index contributed by atoms with van der Waals surface area (Å²) in [4.78, 5) is 15.1. The minimum atomic E-state index is -0.458. The van der Waals surface area contributed by atoms with E-state index in [2.05, 4.69) is 24.3 Å². The molecule has 2 unspecified atom stereocenters. The van der Waals surface area contributed by atoms with E-state index in [-0.39, 0.29) is 16.9 Å². The van der Waals surface area contributed by atoms with Crippen LogP contribution in [-0.4, -0.2) is 47.7 Å². The summed E-state index contributed by atoms with van der Waals surface area (Å²) in [5.74, 6) is 1.53. The molecule has 0 aromatic carbocycles. The van der Waals surface area contributed by atoms with Crippen molar-refractivity contribution < 1.29 is 9.90 Å². The van der Waals surface area contributed by atoms with E-state index in [1.165, 1.54) is 32.1 Å². The fraction of sp³-hybridized carbons (Fsp3) is 0.950. The predicted molar refractivity (Wildman–Crippen MR) is 94.6 cm³/mol. The van der Waals surface area contributed by atoms with E-state index in [4.69, 9.17) is 0 Å². The normalized spacial score (nSPS) is 42.7. The Morgan fingerprint density at radius 3 is 2.29 bits per heavy atom. The average Bonchev–Trinajstić information content (AvgIpc) is 2.92. The van der Waals surface area contributed by atoms with Crippen molar-refractivity contribution in [2.24, 2.45) is 17.3 Å². The van der Waals surface area contributed by atoms with Crippen molar-refractivity contribution in [3.05, 3.63) is 0 Å². The van der Waals surface area contributed by atoms with Gasteiger partial charge in [0.2, 0.25) is 5.91 Å². The van der Waals surface area contributed by atoms with E-state index in [9.17, 15) is 9.90 Å². The summed E-state index contributed by atoms with van der Waals surface area (Å²) in [5, 5.41) is 14.1. The zero-order valence-electron chi connectivity index (χ0n) is 15.4. The highest BCUT2D eigenvalue weighted by atomic mass is 16.3. The van der Waals surface area contributed by atoms with Crippen molar-refractivity contribution in [2.45, 2.75) is 81.8 Å². The van der Waals surface area contributed by atoms with Crippen molar-refractivity contribution in [1.29, 1.82) is 0 Å². The first-order valence-electron chi connectivity index (χ1n) is 9.99. The maximum Gasteiger partial charge on any atom is 0.220 e. The molecule has 0 radical (unpaired) electrons. The number of hydrogen-bond acceptors (Lipinski definition) is 3. The van der Waals surface area contributed by atoms with Crippen LogP contribution in [0.25, 0.3) is 0 Å². The molecular formula is C20H34N2O2. The van der Waals surface area contributed by atoms with Gasteiger partial charge in [-0.2, -0.15) is 0 Å². The molecule has 5 fully saturated rings. The van der Waals surface area contributed by atoms with Gasteiger partial charge >= 0.3 is 0 Å². The predicted octanol–water partition coefficient (Wildman–Crippen LogP) is 2.70. The SMILES string of the molecule is CN(C)C1(CNC(=O)CC23CC4CC(CC(O)(C4)C2)C3)CCCC1. The van der Waals surface area contributed by atoms with Crippen LogP contribution in [-0.2, 0) is 4.79 Å². The number of carbonyl (C=O) groups excluding carboxylic acids is 1. The molecule has 0 saturated heterocycles. The number of carbonyl (C=O) groups is 1. The van der Waals surface area contributed by atoms with Gasteiger partial charge in [0.25, 0.3) is 0 Å². The highest BCUT2D eigenvalue weighted by Crippen LogP contribution is 2.62. The Morgan fingerprint density at radius 2 is 1.75 bits per heavy atom. The Labute approximate surface area is 146 Å². The molecule has 4 heteroatoms. The highest BCUT2D eigenvalue weighted by Gasteiger charge is 2.57. The van der Waals surface area contributed by atoms with E-state index < -0.39 is 5.60 Å². The Morgan fingerprint density at radius 1 is 1.12 bits per heavy atom. The van der Waals surface area contributed by atoms with Gasteiger partial charge in [0.15, 0.2) is 0 Å². The maximum absolute atomic E-state index is 12.7. The third kappa shape index (κ3) is 2.90. The Kier molecular flexibility index (Phi) is 4.00. The molecule has 5 rings (SSSR count). The molecule has 4 nitrogen and oxygen atoms in total. The summed E-state index contributed by atoms with van der Waals surface area (Å²) >= 11 is 0. The zero-order chi connectivity index (χ0) is 17.0. The molecule has 0 spiro atoms. The standard InChI is InChI=1S/C20H34N2O2/c1-22(2)19(5-3-4-6-19)14-21-17(23)12-18-8-15-7-16(9-18)11-20(24,10-15)13-18/h15-16,24H,3-14H2,1-2H3,(H,21,23). The van der Waals surface area contributed by atoms with Gasteiger partial charge in [0.05, 0.1) is 5.60 Å². The lowest BCUT2D eigenvalue weighted by Crippen LogP contribution is -2.57. The number of hydrogen-bond donors (Lipinski definition) is 2. The third-order valence-corrected chi connectivity index (χ3v) is 7.78. The largest absolute Gasteiger partial charge is 0.390 e. The zero-order valence-corrected chi connectivity index (χ0v) is 15.4. The van der Waals surface area contributed by atoms with Crippen molar-refractivity contribution in [2.75, 3.05) is 20.6 Å². The van der Waals surface area contributed by atoms with Crippen LogP contribution in [0.1, 0.15) is 70.6 Å². The molecule has 0 aliphatic heterocycles. The van der Waals surface area contributed by atoms with Crippen LogP contribution in [0.5, 0.6) is 0 Å². The Hall–Kier alpha value is -0.610. The van der Waals surface area contributed by atoms with E-state index in [1.54, 1.807) is 0 Å². The van der Waals surface area contributed by atoms with Crippen LogP contribution in [0.4, 0.5) is 0 Å². The van der Waals surface area contributed by atoms with Crippen LogP contribution in [0, 0.1) is 17.3 Å². The van der Waals surface area contributed by atoms with E-state index in [1.807, 2.05) is 0 Å². The van der Waals surface area contributed by atoms with E-state index in [0.717, 1.165) is 38.6 Å². The molecule has 4 bridgehead atoms. The number of likely N-dealkylation sites (N-methyl/N-ethyl adjacent to an activating group) is 1. The molecule has 136 valence electrons. The quantitative estimate of drug-likeness (QED) is 0.813. The van der Waals surface area contributed by atoms with E-state index in [0.29, 0.717) is 18.3 Å². The van der Waals surface area contributed by atoms with Crippen molar-refractivity contribution in [1.82, 2.24) is 10.2 Å². The Balaban J connectivity index is 1.38. The molecule has 0 heterocycles. The topological polar surface area (TPSA) is 52.6 Å². The third-order valence-electron chi connectivity index (χ3n) is 7.78. The highest BCUT2D eigenvalue weighted by molar-refractivity contribution is 5.77. The molecule has 0 aromatic heterocycles. The monoisotopic (exact) mass is 334 g/mol. The van der Waals surface area contributed by atoms with E-state index >= 15 is 0 Å². The smallest absolute Gasteiger partial charge is 0.220 e. The fourth-order valence-electron chi connectivity index (χ4n) is 7.09. The molecule has 5 aliphatic carbocycles. The molecule has 24 heavy (non-hydrogen) atoms. The van der Waals surface area contributed by atoms with Gasteiger partial charge in [-0.1, -0.05) is 12.8 Å². The van der Waals surface area contributed by atoms with Crippen molar-refractivity contribution in [3.63, 3.8) is 0 Å². The second-order valence-corrected chi connectivity index (χ2v) is 9.96. The molecule has 2 atom stereocenters. The van der Waals surface area contributed by atoms with Crippen molar-refractivity contribution >= 4 is 5.91 Å². The number of nitrogens with zero attached hydrogens (tertiary/aromatic N) is 1. The van der Waals surface area contributed by atoms with Gasteiger partial charge < -0.3 is 15.3 Å². The number of rotatable bonds is 5. The average molecular weight is 335 g/mol. The number of nitrogens with one attached hydrogen (secondary N) is 1. The van der Waals surface area contributed by atoms with Crippen LogP contribution < -0.4 is 5.32 Å². The fourth-order valence-corrected chi connectivity index (χ4v) is 7.09. The summed E-state index contributed by atoms with van der Waals surface area (Å²) < 4.78 is 0. The summed E-state index contributed by atoms with van der Waals surface area (Å²) in [6.07, 6.45) is 12.0. The number of aliphatic hydroxyl groups is 1. The minimum Gasteiger partial charge on any atom is -0.390 e. The molecule has 0 aromatic rings.